The molecule has 0 saturated heterocycles. The van der Waals surface area contributed by atoms with Gasteiger partial charge in [-0.3, -0.25) is 19.8 Å². The number of pyridine rings is 1. The maximum absolute atomic E-state index is 13.3. The number of nitro benzene ring substituents is 1. The molecule has 40 heavy (non-hydrogen) atoms. The van der Waals surface area contributed by atoms with E-state index < -0.39 is 25.0 Å². The average Bonchev–Trinajstić information content (AvgIpc) is 2.91. The molecule has 210 valence electrons. The molecule has 0 saturated carbocycles. The van der Waals surface area contributed by atoms with Gasteiger partial charge in [-0.15, -0.1) is 0 Å². The van der Waals surface area contributed by atoms with Gasteiger partial charge in [0.2, 0.25) is 20.0 Å². The lowest BCUT2D eigenvalue weighted by atomic mass is 10.0. The third-order valence-electron chi connectivity index (χ3n) is 6.06. The highest BCUT2D eigenvalue weighted by Crippen LogP contribution is 2.31. The lowest BCUT2D eigenvalue weighted by Gasteiger charge is -2.13. The maximum atomic E-state index is 13.3. The van der Waals surface area contributed by atoms with Crippen molar-refractivity contribution in [1.82, 2.24) is 15.0 Å². The second kappa shape index (κ2) is 12.5. The Labute approximate surface area is 232 Å². The minimum atomic E-state index is -3.89. The molecule has 0 atom stereocenters. The molecule has 3 N–H and O–H groups in total. The summed E-state index contributed by atoms with van der Waals surface area (Å²) in [6.07, 6.45) is 5.71. The first-order valence-electron chi connectivity index (χ1n) is 12.4. The highest BCUT2D eigenvalue weighted by Gasteiger charge is 2.19. The van der Waals surface area contributed by atoms with Crippen molar-refractivity contribution in [1.29, 1.82) is 0 Å². The van der Waals surface area contributed by atoms with E-state index in [1.165, 1.54) is 18.3 Å². The van der Waals surface area contributed by atoms with Crippen LogP contribution in [0.15, 0.2) is 84.0 Å². The van der Waals surface area contributed by atoms with Crippen LogP contribution in [0.25, 0.3) is 21.9 Å². The smallest absolute Gasteiger partial charge is 0.269 e. The zero-order valence-corrected chi connectivity index (χ0v) is 23.3. The van der Waals surface area contributed by atoms with Gasteiger partial charge in [0.25, 0.3) is 5.69 Å². The zero-order valence-electron chi connectivity index (χ0n) is 21.7. The van der Waals surface area contributed by atoms with Crippen molar-refractivity contribution >= 4 is 42.2 Å². The molecule has 0 bridgehead atoms. The summed E-state index contributed by atoms with van der Waals surface area (Å²) in [5.41, 5.74) is 2.66. The molecule has 0 aliphatic carbocycles. The number of nitrogens with zero attached hydrogens (tertiary/aromatic N) is 2. The Balaban J connectivity index is 1.40. The van der Waals surface area contributed by atoms with Crippen LogP contribution in [0.1, 0.15) is 12.0 Å². The third kappa shape index (κ3) is 7.82. The number of aromatic nitrogens is 1. The molecule has 0 amide bonds. The van der Waals surface area contributed by atoms with E-state index in [2.05, 4.69) is 19.7 Å². The Bertz CT molecular complexity index is 1730. The summed E-state index contributed by atoms with van der Waals surface area (Å²) < 4.78 is 55.1. The summed E-state index contributed by atoms with van der Waals surface area (Å²) in [7, 11) is -7.36. The van der Waals surface area contributed by atoms with Crippen molar-refractivity contribution in [2.75, 3.05) is 30.6 Å². The standard InChI is InChI=1S/C27H29N5O6S2/c1-39(35,36)31-24-6-2-5-21(17-24)22-16-23-19-29-13-11-26(23)27(18-22)40(37,38)30-15-14-28-12-3-4-20-7-9-25(10-8-20)32(33)34/h2,5-11,13,16-19,28,30-31H,3-4,12,14-15H2,1H3. The van der Waals surface area contributed by atoms with E-state index in [0.717, 1.165) is 24.7 Å². The van der Waals surface area contributed by atoms with Crippen molar-refractivity contribution in [2.45, 2.75) is 17.7 Å². The number of rotatable bonds is 13. The maximum Gasteiger partial charge on any atom is 0.269 e. The summed E-state index contributed by atoms with van der Waals surface area (Å²) in [4.78, 5) is 14.6. The predicted octanol–water partition coefficient (Wildman–Crippen LogP) is 3.68. The fourth-order valence-corrected chi connectivity index (χ4v) is 6.06. The van der Waals surface area contributed by atoms with Crippen LogP contribution in [-0.2, 0) is 26.5 Å². The highest BCUT2D eigenvalue weighted by atomic mass is 32.2. The van der Waals surface area contributed by atoms with Crippen molar-refractivity contribution in [3.63, 3.8) is 0 Å². The van der Waals surface area contributed by atoms with E-state index >= 15 is 0 Å². The van der Waals surface area contributed by atoms with Gasteiger partial charge in [0.15, 0.2) is 0 Å². The van der Waals surface area contributed by atoms with Gasteiger partial charge in [-0.1, -0.05) is 24.3 Å². The van der Waals surface area contributed by atoms with Crippen molar-refractivity contribution in [2.24, 2.45) is 0 Å². The molecule has 1 heterocycles. The molecule has 0 spiro atoms. The number of nitro groups is 1. The van der Waals surface area contributed by atoms with E-state index in [0.29, 0.717) is 40.7 Å². The second-order valence-corrected chi connectivity index (χ2v) is 12.7. The molecule has 11 nitrogen and oxygen atoms in total. The predicted molar refractivity (Wildman–Crippen MR) is 155 cm³/mol. The summed E-state index contributed by atoms with van der Waals surface area (Å²) in [6, 6.07) is 18.2. The summed E-state index contributed by atoms with van der Waals surface area (Å²) in [5.74, 6) is 0. The number of hydrogen-bond acceptors (Lipinski definition) is 8. The van der Waals surface area contributed by atoms with Crippen LogP contribution in [0.5, 0.6) is 0 Å². The number of anilines is 1. The SMILES string of the molecule is CS(=O)(=O)Nc1cccc(-c2cc(S(=O)(=O)NCCNCCCc3ccc([N+](=O)[O-])cc3)c3ccncc3c2)c1. The number of nitrogens with one attached hydrogen (secondary N) is 3. The van der Waals surface area contributed by atoms with Crippen LogP contribution in [0.4, 0.5) is 11.4 Å². The lowest BCUT2D eigenvalue weighted by Crippen LogP contribution is -2.32. The Hall–Kier alpha value is -3.91. The third-order valence-corrected chi connectivity index (χ3v) is 8.17. The molecule has 0 unspecified atom stereocenters. The van der Waals surface area contributed by atoms with E-state index in [1.807, 2.05) is 6.07 Å². The van der Waals surface area contributed by atoms with Gasteiger partial charge in [0, 0.05) is 54.1 Å². The van der Waals surface area contributed by atoms with Crippen molar-refractivity contribution < 1.29 is 21.8 Å². The second-order valence-electron chi connectivity index (χ2n) is 9.20. The van der Waals surface area contributed by atoms with E-state index in [-0.39, 0.29) is 17.1 Å². The number of benzene rings is 3. The Kier molecular flexibility index (Phi) is 9.10. The quantitative estimate of drug-likeness (QED) is 0.122. The lowest BCUT2D eigenvalue weighted by molar-refractivity contribution is -0.384. The van der Waals surface area contributed by atoms with Crippen LogP contribution in [-0.4, -0.2) is 52.6 Å². The first-order chi connectivity index (χ1) is 19.0. The number of sulfonamides is 2. The molecular weight excluding hydrogens is 554 g/mol. The minimum absolute atomic E-state index is 0.0567. The van der Waals surface area contributed by atoms with Crippen molar-refractivity contribution in [3.8, 4) is 11.1 Å². The van der Waals surface area contributed by atoms with Crippen LogP contribution >= 0.6 is 0 Å². The molecule has 0 fully saturated rings. The fourth-order valence-electron chi connectivity index (χ4n) is 4.22. The molecule has 13 heteroatoms. The Morgan fingerprint density at radius 3 is 2.40 bits per heavy atom. The van der Waals surface area contributed by atoms with E-state index in [1.54, 1.807) is 54.7 Å². The van der Waals surface area contributed by atoms with E-state index in [4.69, 9.17) is 0 Å². The highest BCUT2D eigenvalue weighted by molar-refractivity contribution is 7.92. The number of hydrogen-bond donors (Lipinski definition) is 3. The zero-order chi connectivity index (χ0) is 28.8. The molecule has 0 radical (unpaired) electrons. The summed E-state index contributed by atoms with van der Waals surface area (Å²) in [5, 5.41) is 15.1. The first-order valence-corrected chi connectivity index (χ1v) is 15.8. The van der Waals surface area contributed by atoms with E-state index in [9.17, 15) is 26.9 Å². The first kappa shape index (κ1) is 29.1. The van der Waals surface area contributed by atoms with Crippen LogP contribution in [0, 0.1) is 10.1 Å². The number of fused-ring (bicyclic) bond motifs is 1. The molecule has 4 aromatic rings. The van der Waals surface area contributed by atoms with Gasteiger partial charge in [0.1, 0.15) is 0 Å². The minimum Gasteiger partial charge on any atom is -0.315 e. The van der Waals surface area contributed by atoms with Gasteiger partial charge in [-0.05, 0) is 66.4 Å². The van der Waals surface area contributed by atoms with Gasteiger partial charge >= 0.3 is 0 Å². The molecular formula is C27H29N5O6S2. The Morgan fingerprint density at radius 2 is 1.68 bits per heavy atom. The van der Waals surface area contributed by atoms with Gasteiger partial charge in [-0.25, -0.2) is 21.6 Å². The van der Waals surface area contributed by atoms with Gasteiger partial charge in [0.05, 0.1) is 16.1 Å². The normalized spacial score (nSPS) is 11.9. The van der Waals surface area contributed by atoms with Crippen LogP contribution in [0.3, 0.4) is 0 Å². The van der Waals surface area contributed by atoms with Crippen LogP contribution in [0.2, 0.25) is 0 Å². The summed E-state index contributed by atoms with van der Waals surface area (Å²) in [6.45, 7) is 1.24. The van der Waals surface area contributed by atoms with Crippen molar-refractivity contribution in [3.05, 3.63) is 94.8 Å². The number of non-ortho nitro benzene ring substituents is 1. The largest absolute Gasteiger partial charge is 0.315 e. The van der Waals surface area contributed by atoms with Crippen LogP contribution < -0.4 is 14.8 Å². The fraction of sp³-hybridized carbons (Fsp3) is 0.222. The summed E-state index contributed by atoms with van der Waals surface area (Å²) >= 11 is 0. The van der Waals surface area contributed by atoms with Gasteiger partial charge in [-0.2, -0.15) is 0 Å². The monoisotopic (exact) mass is 583 g/mol. The Morgan fingerprint density at radius 1 is 0.900 bits per heavy atom. The topological polar surface area (TPSA) is 160 Å². The molecule has 3 aromatic carbocycles. The molecule has 0 aliphatic rings. The molecule has 4 rings (SSSR count). The average molecular weight is 584 g/mol. The number of aryl methyl sites for hydroxylation is 1. The molecule has 0 aliphatic heterocycles. The van der Waals surface area contributed by atoms with Gasteiger partial charge < -0.3 is 5.32 Å². The molecule has 1 aromatic heterocycles.